The highest BCUT2D eigenvalue weighted by molar-refractivity contribution is 7.19. The average molecular weight is 268 g/mol. The molecule has 3 nitrogen and oxygen atoms in total. The summed E-state index contributed by atoms with van der Waals surface area (Å²) in [4.78, 5) is 16.3. The first-order chi connectivity index (χ1) is 8.17. The van der Waals surface area contributed by atoms with Crippen LogP contribution in [0, 0.1) is 0 Å². The van der Waals surface area contributed by atoms with Crippen LogP contribution in [0.3, 0.4) is 0 Å². The number of halogens is 1. The Morgan fingerprint density at radius 2 is 2.29 bits per heavy atom. The van der Waals surface area contributed by atoms with Crippen molar-refractivity contribution in [3.63, 3.8) is 0 Å². The molecule has 0 amide bonds. The molecular weight excluding hydrogens is 258 g/mol. The standard InChI is InChI=1S/C12H10ClNO2S/c1-16-11(15)12(5-6-12)10-14-8-4-2-3-7(13)9(8)17-10/h2-4H,5-6H2,1H3. The highest BCUT2D eigenvalue weighted by Crippen LogP contribution is 2.51. The fraction of sp³-hybridized carbons (Fsp3) is 0.333. The van der Waals surface area contributed by atoms with Gasteiger partial charge in [0, 0.05) is 0 Å². The summed E-state index contributed by atoms with van der Waals surface area (Å²) in [6, 6.07) is 5.62. The summed E-state index contributed by atoms with van der Waals surface area (Å²) in [5, 5.41) is 1.51. The lowest BCUT2D eigenvalue weighted by molar-refractivity contribution is -0.143. The third-order valence-corrected chi connectivity index (χ3v) is 4.84. The lowest BCUT2D eigenvalue weighted by atomic mass is 10.1. The minimum atomic E-state index is -0.498. The van der Waals surface area contributed by atoms with Gasteiger partial charge in [-0.25, -0.2) is 4.98 Å². The van der Waals surface area contributed by atoms with Gasteiger partial charge >= 0.3 is 5.97 Å². The molecule has 0 bridgehead atoms. The van der Waals surface area contributed by atoms with E-state index < -0.39 is 5.41 Å². The number of esters is 1. The molecule has 0 spiro atoms. The van der Waals surface area contributed by atoms with E-state index in [0.29, 0.717) is 5.02 Å². The normalized spacial score (nSPS) is 17.1. The van der Waals surface area contributed by atoms with Crippen molar-refractivity contribution in [2.45, 2.75) is 18.3 Å². The summed E-state index contributed by atoms with van der Waals surface area (Å²) in [5.74, 6) is -0.187. The quantitative estimate of drug-likeness (QED) is 0.785. The van der Waals surface area contributed by atoms with Crippen LogP contribution in [0.15, 0.2) is 18.2 Å². The van der Waals surface area contributed by atoms with Crippen LogP contribution in [-0.2, 0) is 14.9 Å². The molecule has 1 fully saturated rings. The van der Waals surface area contributed by atoms with Crippen LogP contribution in [0.5, 0.6) is 0 Å². The maximum Gasteiger partial charge on any atom is 0.318 e. The minimum absolute atomic E-state index is 0.187. The van der Waals surface area contributed by atoms with Gasteiger partial charge in [0.15, 0.2) is 0 Å². The lowest BCUT2D eigenvalue weighted by Gasteiger charge is -2.07. The summed E-state index contributed by atoms with van der Waals surface area (Å²) in [5.41, 5.74) is 0.356. The molecule has 0 unspecified atom stereocenters. The number of carbonyl (C=O) groups excluding carboxylic acids is 1. The number of hydrogen-bond donors (Lipinski definition) is 0. The Bertz CT molecular complexity index is 604. The van der Waals surface area contributed by atoms with Crippen molar-refractivity contribution in [2.75, 3.05) is 7.11 Å². The van der Waals surface area contributed by atoms with E-state index in [1.54, 1.807) is 0 Å². The van der Waals surface area contributed by atoms with Crippen LogP contribution < -0.4 is 0 Å². The maximum absolute atomic E-state index is 11.8. The number of rotatable bonds is 2. The lowest BCUT2D eigenvalue weighted by Crippen LogP contribution is -2.21. The van der Waals surface area contributed by atoms with E-state index in [1.807, 2.05) is 18.2 Å². The molecule has 0 aliphatic heterocycles. The molecule has 1 heterocycles. The fourth-order valence-corrected chi connectivity index (χ4v) is 3.44. The second-order valence-corrected chi connectivity index (χ2v) is 5.59. The van der Waals surface area contributed by atoms with Gasteiger partial charge in [0.05, 0.1) is 22.3 Å². The fourth-order valence-electron chi connectivity index (χ4n) is 1.95. The van der Waals surface area contributed by atoms with Gasteiger partial charge in [0.25, 0.3) is 0 Å². The zero-order valence-corrected chi connectivity index (χ0v) is 10.8. The summed E-state index contributed by atoms with van der Waals surface area (Å²) in [7, 11) is 1.42. The minimum Gasteiger partial charge on any atom is -0.468 e. The van der Waals surface area contributed by atoms with Gasteiger partial charge in [-0.15, -0.1) is 11.3 Å². The van der Waals surface area contributed by atoms with Crippen molar-refractivity contribution in [1.29, 1.82) is 0 Å². The summed E-state index contributed by atoms with van der Waals surface area (Å²) in [6.45, 7) is 0. The van der Waals surface area contributed by atoms with Crippen LogP contribution >= 0.6 is 22.9 Å². The van der Waals surface area contributed by atoms with Gasteiger partial charge in [-0.1, -0.05) is 17.7 Å². The van der Waals surface area contributed by atoms with Crippen LogP contribution in [0.4, 0.5) is 0 Å². The van der Waals surface area contributed by atoms with Gasteiger partial charge < -0.3 is 4.74 Å². The first-order valence-corrected chi connectivity index (χ1v) is 6.51. The number of nitrogens with zero attached hydrogens (tertiary/aromatic N) is 1. The maximum atomic E-state index is 11.8. The predicted octanol–water partition coefficient (Wildman–Crippen LogP) is 3.15. The van der Waals surface area contributed by atoms with Crippen LogP contribution in [0.1, 0.15) is 17.8 Å². The molecule has 1 saturated carbocycles. The number of aromatic nitrogens is 1. The van der Waals surface area contributed by atoms with E-state index in [4.69, 9.17) is 16.3 Å². The summed E-state index contributed by atoms with van der Waals surface area (Å²) < 4.78 is 5.80. The molecule has 88 valence electrons. The summed E-state index contributed by atoms with van der Waals surface area (Å²) in [6.07, 6.45) is 1.63. The van der Waals surface area contributed by atoms with E-state index in [-0.39, 0.29) is 5.97 Å². The van der Waals surface area contributed by atoms with E-state index in [0.717, 1.165) is 28.1 Å². The van der Waals surface area contributed by atoms with Crippen molar-refractivity contribution in [1.82, 2.24) is 4.98 Å². The van der Waals surface area contributed by atoms with Crippen molar-refractivity contribution in [3.8, 4) is 0 Å². The smallest absolute Gasteiger partial charge is 0.318 e. The van der Waals surface area contributed by atoms with Crippen molar-refractivity contribution < 1.29 is 9.53 Å². The number of hydrogen-bond acceptors (Lipinski definition) is 4. The van der Waals surface area contributed by atoms with Crippen LogP contribution in [-0.4, -0.2) is 18.1 Å². The highest BCUT2D eigenvalue weighted by Gasteiger charge is 2.55. The Morgan fingerprint density at radius 3 is 2.88 bits per heavy atom. The molecule has 0 saturated heterocycles. The molecule has 2 aromatic rings. The largest absolute Gasteiger partial charge is 0.468 e. The van der Waals surface area contributed by atoms with Crippen LogP contribution in [0.2, 0.25) is 5.02 Å². The molecule has 3 rings (SSSR count). The second kappa shape index (κ2) is 3.68. The van der Waals surface area contributed by atoms with Gasteiger partial charge in [-0.05, 0) is 25.0 Å². The first-order valence-electron chi connectivity index (χ1n) is 5.31. The number of ether oxygens (including phenoxy) is 1. The molecule has 17 heavy (non-hydrogen) atoms. The Hall–Kier alpha value is -1.13. The number of benzene rings is 1. The molecule has 1 aliphatic carbocycles. The SMILES string of the molecule is COC(=O)C1(c2nc3cccc(Cl)c3s2)CC1. The third kappa shape index (κ3) is 1.55. The zero-order chi connectivity index (χ0) is 12.0. The predicted molar refractivity (Wildman–Crippen MR) is 67.6 cm³/mol. The monoisotopic (exact) mass is 267 g/mol. The van der Waals surface area contributed by atoms with Crippen molar-refractivity contribution in [3.05, 3.63) is 28.2 Å². The van der Waals surface area contributed by atoms with E-state index >= 15 is 0 Å². The Balaban J connectivity index is 2.13. The highest BCUT2D eigenvalue weighted by atomic mass is 35.5. The van der Waals surface area contributed by atoms with E-state index in [9.17, 15) is 4.79 Å². The molecule has 0 radical (unpaired) electrons. The molecular formula is C12H10ClNO2S. The number of thiazole rings is 1. The average Bonchev–Trinajstić information content (AvgIpc) is 3.02. The van der Waals surface area contributed by atoms with Gasteiger partial charge in [-0.2, -0.15) is 0 Å². The Labute approximate surface area is 107 Å². The Morgan fingerprint density at radius 1 is 1.53 bits per heavy atom. The molecule has 0 atom stereocenters. The van der Waals surface area contributed by atoms with E-state index in [2.05, 4.69) is 4.98 Å². The molecule has 0 N–H and O–H groups in total. The summed E-state index contributed by atoms with van der Waals surface area (Å²) >= 11 is 7.60. The number of carbonyl (C=O) groups is 1. The Kier molecular flexibility index (Phi) is 2.38. The van der Waals surface area contributed by atoms with Gasteiger partial charge in [-0.3, -0.25) is 4.79 Å². The third-order valence-electron chi connectivity index (χ3n) is 3.10. The molecule has 1 aromatic heterocycles. The zero-order valence-electron chi connectivity index (χ0n) is 9.20. The molecule has 1 aromatic carbocycles. The van der Waals surface area contributed by atoms with Crippen LogP contribution in [0.25, 0.3) is 10.2 Å². The molecule has 1 aliphatic rings. The van der Waals surface area contributed by atoms with E-state index in [1.165, 1.54) is 18.4 Å². The number of methoxy groups -OCH3 is 1. The second-order valence-electron chi connectivity index (χ2n) is 4.18. The van der Waals surface area contributed by atoms with Crippen molar-refractivity contribution >= 4 is 39.1 Å². The topological polar surface area (TPSA) is 39.2 Å². The van der Waals surface area contributed by atoms with Crippen molar-refractivity contribution in [2.24, 2.45) is 0 Å². The first kappa shape index (κ1) is 11.0. The van der Waals surface area contributed by atoms with Gasteiger partial charge in [0.1, 0.15) is 10.4 Å². The van der Waals surface area contributed by atoms with Gasteiger partial charge in [0.2, 0.25) is 0 Å². The molecule has 5 heteroatoms. The number of fused-ring (bicyclic) bond motifs is 1.